The van der Waals surface area contributed by atoms with Gasteiger partial charge in [-0.25, -0.2) is 4.79 Å². The molecule has 3 rings (SSSR count). The van der Waals surface area contributed by atoms with Crippen molar-refractivity contribution < 1.29 is 34.4 Å². The molecule has 0 aromatic heterocycles. The largest absolute Gasteiger partial charge is 0.507 e. The molecule has 30 heavy (non-hydrogen) atoms. The number of hydrogen-bond acceptors (Lipinski definition) is 7. The maximum absolute atomic E-state index is 12.9. The molecule has 0 spiro atoms. The normalized spacial score (nSPS) is 14.9. The number of carboxylic acid groups (broad SMARTS) is 2. The topological polar surface area (TPSA) is 124 Å². The van der Waals surface area contributed by atoms with E-state index in [1.807, 2.05) is 0 Å². The zero-order valence-corrected chi connectivity index (χ0v) is 16.9. The fraction of sp³-hybridized carbons (Fsp3) is 0.100. The Morgan fingerprint density at radius 3 is 2.63 bits per heavy atom. The highest BCUT2D eigenvalue weighted by Crippen LogP contribution is 2.37. The fourth-order valence-corrected chi connectivity index (χ4v) is 3.93. The predicted molar refractivity (Wildman–Crippen MR) is 115 cm³/mol. The van der Waals surface area contributed by atoms with E-state index >= 15 is 0 Å². The Kier molecular flexibility index (Phi) is 6.38. The minimum Gasteiger partial charge on any atom is -0.507 e. The van der Waals surface area contributed by atoms with Crippen molar-refractivity contribution in [3.63, 3.8) is 0 Å². The second kappa shape index (κ2) is 8.97. The molecule has 3 N–H and O–H groups in total. The van der Waals surface area contributed by atoms with Crippen LogP contribution < -0.4 is 9.64 Å². The van der Waals surface area contributed by atoms with Crippen molar-refractivity contribution in [2.45, 2.75) is 6.42 Å². The SMILES string of the molecule is O=C(O)CCOc1cccc(/C=C2\SC(=S)N(c3ccc(O)c(C(=O)O)c3)C2=O)c1. The summed E-state index contributed by atoms with van der Waals surface area (Å²) in [6, 6.07) is 10.6. The van der Waals surface area contributed by atoms with E-state index in [2.05, 4.69) is 0 Å². The minimum absolute atomic E-state index is 0.0215. The Labute approximate surface area is 180 Å². The molecule has 1 amide bonds. The number of aliphatic carboxylic acids is 1. The smallest absolute Gasteiger partial charge is 0.339 e. The van der Waals surface area contributed by atoms with Gasteiger partial charge in [-0.3, -0.25) is 14.5 Å². The van der Waals surface area contributed by atoms with Crippen molar-refractivity contribution in [2.75, 3.05) is 11.5 Å². The Morgan fingerprint density at radius 2 is 1.93 bits per heavy atom. The van der Waals surface area contributed by atoms with Gasteiger partial charge < -0.3 is 20.1 Å². The van der Waals surface area contributed by atoms with E-state index in [0.717, 1.165) is 11.8 Å². The standard InChI is InChI=1S/C20H15NO7S2/c22-15-5-4-12(10-14(15)19(26)27)21-18(25)16(30-20(21)29)9-11-2-1-3-13(8-11)28-7-6-17(23)24/h1-5,8-10,22H,6-7H2,(H,23,24)(H,26,27)/b16-9-. The van der Waals surface area contributed by atoms with Crippen molar-refractivity contribution in [3.05, 3.63) is 58.5 Å². The van der Waals surface area contributed by atoms with Gasteiger partial charge in [0, 0.05) is 0 Å². The highest BCUT2D eigenvalue weighted by molar-refractivity contribution is 8.27. The molecule has 1 aliphatic heterocycles. The van der Waals surface area contributed by atoms with E-state index < -0.39 is 23.6 Å². The third-order valence-corrected chi connectivity index (χ3v) is 5.31. The van der Waals surface area contributed by atoms with Crippen LogP contribution in [0.25, 0.3) is 6.08 Å². The summed E-state index contributed by atoms with van der Waals surface area (Å²) >= 11 is 6.34. The predicted octanol–water partition coefficient (Wildman–Crippen LogP) is 3.35. The van der Waals surface area contributed by atoms with Crippen molar-refractivity contribution in [1.82, 2.24) is 0 Å². The molecule has 2 aromatic carbocycles. The summed E-state index contributed by atoms with van der Waals surface area (Å²) in [6.07, 6.45) is 1.48. The van der Waals surface area contributed by atoms with Crippen LogP contribution in [0.5, 0.6) is 11.5 Å². The Balaban J connectivity index is 1.83. The first-order chi connectivity index (χ1) is 14.3. The fourth-order valence-electron chi connectivity index (χ4n) is 2.63. The van der Waals surface area contributed by atoms with Gasteiger partial charge in [0.15, 0.2) is 4.32 Å². The van der Waals surface area contributed by atoms with E-state index in [9.17, 15) is 24.6 Å². The summed E-state index contributed by atoms with van der Waals surface area (Å²) in [5.74, 6) is -2.66. The lowest BCUT2D eigenvalue weighted by Gasteiger charge is -2.15. The summed E-state index contributed by atoms with van der Waals surface area (Å²) in [7, 11) is 0. The first kappa shape index (κ1) is 21.3. The van der Waals surface area contributed by atoms with E-state index in [0.29, 0.717) is 16.2 Å². The number of carbonyl (C=O) groups excluding carboxylic acids is 1. The summed E-state index contributed by atoms with van der Waals surface area (Å²) in [4.78, 5) is 36.2. The molecule has 2 aromatic rings. The quantitative estimate of drug-likeness (QED) is 0.435. The number of phenols is 1. The zero-order chi connectivity index (χ0) is 21.8. The average molecular weight is 445 g/mol. The van der Waals surface area contributed by atoms with Crippen molar-refractivity contribution in [3.8, 4) is 11.5 Å². The Bertz CT molecular complexity index is 1080. The number of ether oxygens (including phenoxy) is 1. The van der Waals surface area contributed by atoms with Crippen LogP contribution in [-0.2, 0) is 9.59 Å². The van der Waals surface area contributed by atoms with Gasteiger partial charge in [-0.05, 0) is 42.0 Å². The molecule has 0 aliphatic carbocycles. The van der Waals surface area contributed by atoms with Crippen molar-refractivity contribution >= 4 is 57.9 Å². The third-order valence-electron chi connectivity index (χ3n) is 4.00. The van der Waals surface area contributed by atoms with Crippen LogP contribution >= 0.6 is 24.0 Å². The lowest BCUT2D eigenvalue weighted by Crippen LogP contribution is -2.27. The van der Waals surface area contributed by atoms with Crippen LogP contribution in [0, 0.1) is 0 Å². The summed E-state index contributed by atoms with van der Waals surface area (Å²) in [5.41, 5.74) is 0.554. The Hall–Kier alpha value is -3.37. The van der Waals surface area contributed by atoms with Gasteiger partial charge in [0.05, 0.1) is 23.6 Å². The number of aromatic hydroxyl groups is 1. The van der Waals surface area contributed by atoms with Gasteiger partial charge in [-0.1, -0.05) is 36.1 Å². The molecular formula is C20H15NO7S2. The number of thioether (sulfide) groups is 1. The lowest BCUT2D eigenvalue weighted by molar-refractivity contribution is -0.137. The number of rotatable bonds is 7. The number of anilines is 1. The number of benzene rings is 2. The van der Waals surface area contributed by atoms with Crippen molar-refractivity contribution in [1.29, 1.82) is 0 Å². The molecule has 0 atom stereocenters. The third kappa shape index (κ3) is 4.78. The van der Waals surface area contributed by atoms with Gasteiger partial charge >= 0.3 is 11.9 Å². The number of nitrogens with zero attached hydrogens (tertiary/aromatic N) is 1. The first-order valence-corrected chi connectivity index (χ1v) is 9.77. The second-order valence-corrected chi connectivity index (χ2v) is 7.76. The number of thiocarbonyl (C=S) groups is 1. The molecule has 1 aliphatic rings. The van der Waals surface area contributed by atoms with Crippen LogP contribution in [0.2, 0.25) is 0 Å². The molecule has 0 saturated carbocycles. The molecule has 1 saturated heterocycles. The number of hydrogen-bond donors (Lipinski definition) is 3. The second-order valence-electron chi connectivity index (χ2n) is 6.09. The molecule has 154 valence electrons. The summed E-state index contributed by atoms with van der Waals surface area (Å²) in [6.45, 7) is 0.0215. The number of amides is 1. The molecule has 0 unspecified atom stereocenters. The molecular weight excluding hydrogens is 430 g/mol. The Morgan fingerprint density at radius 1 is 1.17 bits per heavy atom. The average Bonchev–Trinajstić information content (AvgIpc) is 2.95. The highest BCUT2D eigenvalue weighted by atomic mass is 32.2. The molecule has 1 fully saturated rings. The van der Waals surface area contributed by atoms with Crippen LogP contribution in [0.3, 0.4) is 0 Å². The van der Waals surface area contributed by atoms with Crippen LogP contribution in [-0.4, -0.2) is 44.1 Å². The van der Waals surface area contributed by atoms with E-state index in [1.54, 1.807) is 30.3 Å². The van der Waals surface area contributed by atoms with E-state index in [4.69, 9.17) is 22.1 Å². The minimum atomic E-state index is -1.32. The molecule has 10 heteroatoms. The van der Waals surface area contributed by atoms with E-state index in [-0.39, 0.29) is 28.6 Å². The van der Waals surface area contributed by atoms with Gasteiger partial charge in [-0.15, -0.1) is 0 Å². The molecule has 0 radical (unpaired) electrons. The van der Waals surface area contributed by atoms with Crippen LogP contribution in [0.4, 0.5) is 5.69 Å². The number of carboxylic acids is 2. The summed E-state index contributed by atoms with van der Waals surface area (Å²) < 4.78 is 5.61. The monoisotopic (exact) mass is 445 g/mol. The van der Waals surface area contributed by atoms with Gasteiger partial charge in [0.2, 0.25) is 0 Å². The van der Waals surface area contributed by atoms with Crippen LogP contribution in [0.1, 0.15) is 22.3 Å². The summed E-state index contributed by atoms with van der Waals surface area (Å²) in [5, 5.41) is 27.5. The van der Waals surface area contributed by atoms with Gasteiger partial charge in [0.1, 0.15) is 17.1 Å². The number of carbonyl (C=O) groups is 3. The maximum atomic E-state index is 12.9. The van der Waals surface area contributed by atoms with Crippen molar-refractivity contribution in [2.24, 2.45) is 0 Å². The van der Waals surface area contributed by atoms with Crippen LogP contribution in [0.15, 0.2) is 47.4 Å². The highest BCUT2D eigenvalue weighted by Gasteiger charge is 2.34. The molecule has 1 heterocycles. The maximum Gasteiger partial charge on any atom is 0.339 e. The van der Waals surface area contributed by atoms with Gasteiger partial charge in [0.25, 0.3) is 5.91 Å². The van der Waals surface area contributed by atoms with Gasteiger partial charge in [-0.2, -0.15) is 0 Å². The van der Waals surface area contributed by atoms with E-state index in [1.165, 1.54) is 23.1 Å². The zero-order valence-electron chi connectivity index (χ0n) is 15.3. The molecule has 0 bridgehead atoms. The number of aromatic carboxylic acids is 1. The first-order valence-electron chi connectivity index (χ1n) is 8.55. The molecule has 8 nitrogen and oxygen atoms in total. The lowest BCUT2D eigenvalue weighted by atomic mass is 10.1.